The van der Waals surface area contributed by atoms with E-state index in [9.17, 15) is 18.4 Å². The number of nitrogens with zero attached hydrogens (tertiary/aromatic N) is 1. The molecule has 0 radical (unpaired) electrons. The number of pyridine rings is 1. The van der Waals surface area contributed by atoms with Gasteiger partial charge in [0.25, 0.3) is 5.91 Å². The van der Waals surface area contributed by atoms with Crippen LogP contribution in [-0.2, 0) is 0 Å². The van der Waals surface area contributed by atoms with Crippen molar-refractivity contribution in [3.8, 4) is 0 Å². The van der Waals surface area contributed by atoms with Crippen LogP contribution >= 0.6 is 0 Å². The van der Waals surface area contributed by atoms with Crippen LogP contribution in [0.15, 0.2) is 36.5 Å². The monoisotopic (exact) mass is 278 g/mol. The summed E-state index contributed by atoms with van der Waals surface area (Å²) in [5.74, 6) is -4.22. The zero-order valence-electron chi connectivity index (χ0n) is 9.93. The van der Waals surface area contributed by atoms with Crippen molar-refractivity contribution in [2.24, 2.45) is 0 Å². The van der Waals surface area contributed by atoms with Gasteiger partial charge >= 0.3 is 5.97 Å². The van der Waals surface area contributed by atoms with Crippen LogP contribution in [0.3, 0.4) is 0 Å². The molecule has 20 heavy (non-hydrogen) atoms. The predicted octanol–water partition coefficient (Wildman–Crippen LogP) is 2.31. The minimum Gasteiger partial charge on any atom is -0.478 e. The fraction of sp³-hybridized carbons (Fsp3) is 0. The lowest BCUT2D eigenvalue weighted by molar-refractivity contribution is 0.0696. The van der Waals surface area contributed by atoms with Gasteiger partial charge in [-0.1, -0.05) is 6.07 Å². The molecule has 2 rings (SSSR count). The normalized spacial score (nSPS) is 10.1. The molecule has 0 saturated heterocycles. The molecule has 0 spiro atoms. The fourth-order valence-electron chi connectivity index (χ4n) is 1.44. The first-order valence-electron chi connectivity index (χ1n) is 5.44. The summed E-state index contributed by atoms with van der Waals surface area (Å²) in [5, 5.41) is 10.8. The fourth-order valence-corrected chi connectivity index (χ4v) is 1.44. The molecule has 1 heterocycles. The van der Waals surface area contributed by atoms with E-state index in [0.29, 0.717) is 0 Å². The first-order chi connectivity index (χ1) is 9.49. The van der Waals surface area contributed by atoms with E-state index in [2.05, 4.69) is 10.3 Å². The highest BCUT2D eigenvalue weighted by Gasteiger charge is 2.13. The van der Waals surface area contributed by atoms with Crippen molar-refractivity contribution in [1.82, 2.24) is 4.98 Å². The molecule has 0 aliphatic rings. The van der Waals surface area contributed by atoms with E-state index < -0.39 is 23.5 Å². The van der Waals surface area contributed by atoms with Gasteiger partial charge in [0.1, 0.15) is 5.69 Å². The van der Waals surface area contributed by atoms with Gasteiger partial charge in [-0.2, -0.15) is 0 Å². The molecule has 2 N–H and O–H groups in total. The Morgan fingerprint density at radius 1 is 1.15 bits per heavy atom. The van der Waals surface area contributed by atoms with Crippen LogP contribution in [-0.4, -0.2) is 22.0 Å². The molecule has 0 aliphatic heterocycles. The molecule has 0 saturated carbocycles. The quantitative estimate of drug-likeness (QED) is 0.903. The van der Waals surface area contributed by atoms with Crippen molar-refractivity contribution in [3.05, 3.63) is 59.4 Å². The van der Waals surface area contributed by atoms with E-state index in [4.69, 9.17) is 5.11 Å². The summed E-state index contributed by atoms with van der Waals surface area (Å²) in [6.45, 7) is 0. The molecule has 7 heteroatoms. The standard InChI is InChI=1S/C13H8F2N2O3/c14-8-2-1-3-9(11(8)15)17-12(18)10-5-4-7(6-16-10)13(19)20/h1-6H,(H,17,18)(H,19,20). The lowest BCUT2D eigenvalue weighted by atomic mass is 10.2. The number of nitrogens with one attached hydrogen (secondary N) is 1. The van der Waals surface area contributed by atoms with E-state index in [1.807, 2.05) is 0 Å². The van der Waals surface area contributed by atoms with Crippen molar-refractivity contribution in [2.75, 3.05) is 5.32 Å². The largest absolute Gasteiger partial charge is 0.478 e. The second kappa shape index (κ2) is 5.43. The Balaban J connectivity index is 2.20. The number of amides is 1. The topological polar surface area (TPSA) is 79.3 Å². The number of hydrogen-bond donors (Lipinski definition) is 2. The molecule has 2 aromatic rings. The SMILES string of the molecule is O=C(O)c1ccc(C(=O)Nc2cccc(F)c2F)nc1. The third-order valence-corrected chi connectivity index (χ3v) is 2.44. The van der Waals surface area contributed by atoms with Crippen molar-refractivity contribution < 1.29 is 23.5 Å². The molecule has 102 valence electrons. The Morgan fingerprint density at radius 2 is 1.90 bits per heavy atom. The maximum Gasteiger partial charge on any atom is 0.337 e. The second-order valence-electron chi connectivity index (χ2n) is 3.79. The average Bonchev–Trinajstić information content (AvgIpc) is 2.44. The summed E-state index contributed by atoms with van der Waals surface area (Å²) in [7, 11) is 0. The average molecular weight is 278 g/mol. The maximum atomic E-state index is 13.4. The lowest BCUT2D eigenvalue weighted by Crippen LogP contribution is -2.15. The molecule has 1 aromatic heterocycles. The van der Waals surface area contributed by atoms with Gasteiger partial charge in [0.2, 0.25) is 0 Å². The number of benzene rings is 1. The summed E-state index contributed by atoms with van der Waals surface area (Å²) in [6.07, 6.45) is 0.999. The van der Waals surface area contributed by atoms with Gasteiger partial charge in [0.05, 0.1) is 11.3 Å². The van der Waals surface area contributed by atoms with E-state index in [0.717, 1.165) is 12.3 Å². The maximum absolute atomic E-state index is 13.4. The van der Waals surface area contributed by atoms with E-state index >= 15 is 0 Å². The number of carbonyl (C=O) groups is 2. The number of rotatable bonds is 3. The van der Waals surface area contributed by atoms with Gasteiger partial charge < -0.3 is 10.4 Å². The molecule has 0 bridgehead atoms. The van der Waals surface area contributed by atoms with Crippen LogP contribution in [0.1, 0.15) is 20.8 Å². The predicted molar refractivity (Wildman–Crippen MR) is 65.5 cm³/mol. The Labute approximate surface area is 111 Å². The second-order valence-corrected chi connectivity index (χ2v) is 3.79. The van der Waals surface area contributed by atoms with Gasteiger partial charge in [0, 0.05) is 6.20 Å². The zero-order chi connectivity index (χ0) is 14.7. The number of carbonyl (C=O) groups excluding carboxylic acids is 1. The van der Waals surface area contributed by atoms with E-state index in [1.165, 1.54) is 24.3 Å². The molecule has 0 fully saturated rings. The van der Waals surface area contributed by atoms with Crippen LogP contribution in [0.2, 0.25) is 0 Å². The molecule has 0 atom stereocenters. The van der Waals surface area contributed by atoms with Crippen LogP contribution in [0, 0.1) is 11.6 Å². The van der Waals surface area contributed by atoms with Gasteiger partial charge in [-0.3, -0.25) is 9.78 Å². The number of carboxylic acid groups (broad SMARTS) is 1. The lowest BCUT2D eigenvalue weighted by Gasteiger charge is -2.06. The molecule has 0 aliphatic carbocycles. The Kier molecular flexibility index (Phi) is 3.69. The van der Waals surface area contributed by atoms with Crippen molar-refractivity contribution in [2.45, 2.75) is 0 Å². The Bertz CT molecular complexity index is 672. The molecule has 5 nitrogen and oxygen atoms in total. The summed E-state index contributed by atoms with van der Waals surface area (Å²) >= 11 is 0. The van der Waals surface area contributed by atoms with Gasteiger partial charge in [-0.25, -0.2) is 13.6 Å². The summed E-state index contributed by atoms with van der Waals surface area (Å²) in [4.78, 5) is 26.0. The van der Waals surface area contributed by atoms with Crippen molar-refractivity contribution in [3.63, 3.8) is 0 Å². The van der Waals surface area contributed by atoms with Gasteiger partial charge in [0.15, 0.2) is 11.6 Å². The summed E-state index contributed by atoms with van der Waals surface area (Å²) in [6, 6.07) is 5.73. The number of halogens is 2. The summed E-state index contributed by atoms with van der Waals surface area (Å²) < 4.78 is 26.3. The first kappa shape index (κ1) is 13.6. The molecule has 1 amide bonds. The smallest absolute Gasteiger partial charge is 0.337 e. The van der Waals surface area contributed by atoms with E-state index in [-0.39, 0.29) is 16.9 Å². The van der Waals surface area contributed by atoms with Gasteiger partial charge in [-0.15, -0.1) is 0 Å². The molecular formula is C13H8F2N2O3. The third kappa shape index (κ3) is 2.77. The highest BCUT2D eigenvalue weighted by atomic mass is 19.2. The highest BCUT2D eigenvalue weighted by molar-refractivity contribution is 6.03. The Hall–Kier alpha value is -2.83. The first-order valence-corrected chi connectivity index (χ1v) is 5.44. The van der Waals surface area contributed by atoms with Crippen molar-refractivity contribution in [1.29, 1.82) is 0 Å². The minimum absolute atomic E-state index is 0.0847. The van der Waals surface area contributed by atoms with E-state index in [1.54, 1.807) is 0 Å². The molecule has 0 unspecified atom stereocenters. The molecule has 1 aromatic carbocycles. The Morgan fingerprint density at radius 3 is 2.50 bits per heavy atom. The number of carboxylic acids is 1. The number of aromatic nitrogens is 1. The van der Waals surface area contributed by atoms with Crippen molar-refractivity contribution >= 4 is 17.6 Å². The third-order valence-electron chi connectivity index (χ3n) is 2.44. The highest BCUT2D eigenvalue weighted by Crippen LogP contribution is 2.17. The number of aromatic carboxylic acids is 1. The zero-order valence-corrected chi connectivity index (χ0v) is 9.93. The van der Waals surface area contributed by atoms with Crippen LogP contribution in [0.25, 0.3) is 0 Å². The van der Waals surface area contributed by atoms with Crippen LogP contribution in [0.4, 0.5) is 14.5 Å². The summed E-state index contributed by atoms with van der Waals surface area (Å²) in [5.41, 5.74) is -0.517. The van der Waals surface area contributed by atoms with Gasteiger partial charge in [-0.05, 0) is 24.3 Å². The molecular weight excluding hydrogens is 270 g/mol. The number of hydrogen-bond acceptors (Lipinski definition) is 3. The minimum atomic E-state index is -1.18. The van der Waals surface area contributed by atoms with Crippen LogP contribution < -0.4 is 5.32 Å². The van der Waals surface area contributed by atoms with Crippen LogP contribution in [0.5, 0.6) is 0 Å². The number of anilines is 1.